The summed E-state index contributed by atoms with van der Waals surface area (Å²) in [6.45, 7) is 0. The highest BCUT2D eigenvalue weighted by Crippen LogP contribution is 2.63. The minimum absolute atomic E-state index is 0.637. The zero-order valence-electron chi connectivity index (χ0n) is 35.3. The number of benzene rings is 10. The van der Waals surface area contributed by atoms with E-state index in [0.717, 1.165) is 89.8 Å². The molecule has 0 amide bonds. The molecule has 11 aromatic rings. The zero-order valence-corrected chi connectivity index (χ0v) is 35.3. The van der Waals surface area contributed by atoms with Crippen molar-refractivity contribution in [3.8, 4) is 33.8 Å². The Hall–Kier alpha value is -8.60. The van der Waals surface area contributed by atoms with Crippen molar-refractivity contribution in [2.45, 2.75) is 5.41 Å². The molecule has 10 aromatic carbocycles. The molecule has 2 heterocycles. The van der Waals surface area contributed by atoms with Crippen molar-refractivity contribution in [3.05, 3.63) is 265 Å². The maximum Gasteiger partial charge on any atom is 0.137 e. The van der Waals surface area contributed by atoms with Crippen LogP contribution in [-0.2, 0) is 5.41 Å². The van der Waals surface area contributed by atoms with Gasteiger partial charge >= 0.3 is 0 Å². The molecule has 0 radical (unpaired) electrons. The number of anilines is 6. The summed E-state index contributed by atoms with van der Waals surface area (Å²) >= 11 is 0. The highest BCUT2D eigenvalue weighted by Gasteiger charge is 2.51. The fourth-order valence-corrected chi connectivity index (χ4v) is 10.6. The molecule has 0 unspecified atom stereocenters. The third kappa shape index (κ3) is 5.71. The lowest BCUT2D eigenvalue weighted by Crippen LogP contribution is -2.32. The van der Waals surface area contributed by atoms with Crippen LogP contribution in [0.3, 0.4) is 0 Å². The van der Waals surface area contributed by atoms with Gasteiger partial charge in [-0.2, -0.15) is 0 Å². The molecule has 0 atom stereocenters. The lowest BCUT2D eigenvalue weighted by Gasteiger charge is -2.40. The molecule has 1 spiro atoms. The van der Waals surface area contributed by atoms with Crippen LogP contribution in [0, 0.1) is 0 Å². The van der Waals surface area contributed by atoms with Gasteiger partial charge in [-0.25, -0.2) is 0 Å². The van der Waals surface area contributed by atoms with Crippen LogP contribution >= 0.6 is 0 Å². The van der Waals surface area contributed by atoms with E-state index in [1.54, 1.807) is 0 Å². The minimum Gasteiger partial charge on any atom is -0.457 e. The largest absolute Gasteiger partial charge is 0.457 e. The number of para-hydroxylation sites is 4. The fraction of sp³-hybridized carbons (Fsp3) is 0.0164. The van der Waals surface area contributed by atoms with Crippen LogP contribution in [0.5, 0.6) is 11.5 Å². The van der Waals surface area contributed by atoms with Crippen molar-refractivity contribution in [3.63, 3.8) is 0 Å². The lowest BCUT2D eigenvalue weighted by atomic mass is 9.66. The lowest BCUT2D eigenvalue weighted by molar-refractivity contribution is 0.436. The van der Waals surface area contributed by atoms with Crippen LogP contribution in [0.25, 0.3) is 44.2 Å². The Kier molecular flexibility index (Phi) is 8.40. The first kappa shape index (κ1) is 37.0. The number of hydrogen-bond acceptors (Lipinski definition) is 4. The standard InChI is InChI=1S/C61H40N2O2/c1-4-19-41(20-5-1)42-37-46(62(43-21-6-2-7-22-43)44-23-8-3-9-24-44)39-47(38-42)63(55-31-18-34-59-60(55)50-27-12-16-32-56(50)64-59)45-35-36-58-54(40-45)61(53-30-15-17-33-57(53)65-58)51-28-13-10-25-48(51)49-26-11-14-29-52(49)61/h1-40H. The van der Waals surface area contributed by atoms with Crippen molar-refractivity contribution >= 4 is 56.1 Å². The van der Waals surface area contributed by atoms with E-state index >= 15 is 0 Å². The third-order valence-electron chi connectivity index (χ3n) is 13.3. The number of fused-ring (bicyclic) bond motifs is 12. The van der Waals surface area contributed by atoms with Crippen LogP contribution in [0.4, 0.5) is 34.1 Å². The number of furan rings is 1. The molecule has 4 nitrogen and oxygen atoms in total. The highest BCUT2D eigenvalue weighted by molar-refractivity contribution is 6.13. The summed E-state index contributed by atoms with van der Waals surface area (Å²) in [5.74, 6) is 1.71. The fourth-order valence-electron chi connectivity index (χ4n) is 10.6. The van der Waals surface area contributed by atoms with Gasteiger partial charge in [-0.05, 0) is 118 Å². The molecule has 0 fully saturated rings. The monoisotopic (exact) mass is 832 g/mol. The molecule has 306 valence electrons. The highest BCUT2D eigenvalue weighted by atomic mass is 16.5. The normalized spacial score (nSPS) is 12.9. The Balaban J connectivity index is 1.13. The molecule has 1 aliphatic carbocycles. The van der Waals surface area contributed by atoms with Gasteiger partial charge < -0.3 is 19.0 Å². The molecule has 0 saturated heterocycles. The SMILES string of the molecule is c1ccc(-c2cc(N(c3ccccc3)c3ccccc3)cc(N(c3ccc4c(c3)C3(c5ccccc5O4)c4ccccc4-c4ccccc43)c3cccc4oc5ccccc5c34)c2)cc1. The van der Waals surface area contributed by atoms with E-state index in [9.17, 15) is 0 Å². The first-order valence-corrected chi connectivity index (χ1v) is 22.2. The van der Waals surface area contributed by atoms with Gasteiger partial charge in [-0.1, -0.05) is 158 Å². The molecular weight excluding hydrogens is 793 g/mol. The molecule has 1 aliphatic heterocycles. The predicted octanol–water partition coefficient (Wildman–Crippen LogP) is 16.7. The summed E-state index contributed by atoms with van der Waals surface area (Å²) in [6, 6.07) is 86.8. The van der Waals surface area contributed by atoms with Gasteiger partial charge in [0.1, 0.15) is 22.7 Å². The second-order valence-electron chi connectivity index (χ2n) is 16.8. The molecule has 0 saturated carbocycles. The van der Waals surface area contributed by atoms with E-state index in [1.807, 2.05) is 6.07 Å². The maximum absolute atomic E-state index is 6.94. The maximum atomic E-state index is 6.94. The average Bonchev–Trinajstić information content (AvgIpc) is 3.90. The molecule has 4 heteroatoms. The topological polar surface area (TPSA) is 28.9 Å². The van der Waals surface area contributed by atoms with Crippen LogP contribution in [0.1, 0.15) is 22.3 Å². The Morgan fingerprint density at radius 3 is 1.58 bits per heavy atom. The van der Waals surface area contributed by atoms with Crippen LogP contribution in [-0.4, -0.2) is 0 Å². The Morgan fingerprint density at radius 1 is 0.323 bits per heavy atom. The van der Waals surface area contributed by atoms with Crippen molar-refractivity contribution in [2.75, 3.05) is 9.80 Å². The summed E-state index contributed by atoms with van der Waals surface area (Å²) in [5.41, 5.74) is 16.6. The summed E-state index contributed by atoms with van der Waals surface area (Å²) in [7, 11) is 0. The summed E-state index contributed by atoms with van der Waals surface area (Å²) in [4.78, 5) is 4.77. The van der Waals surface area contributed by atoms with Crippen LogP contribution in [0.2, 0.25) is 0 Å². The number of hydrogen-bond donors (Lipinski definition) is 0. The van der Waals surface area contributed by atoms with E-state index in [0.29, 0.717) is 0 Å². The van der Waals surface area contributed by atoms with Crippen molar-refractivity contribution in [2.24, 2.45) is 0 Å². The van der Waals surface area contributed by atoms with Crippen molar-refractivity contribution in [1.29, 1.82) is 0 Å². The second-order valence-corrected chi connectivity index (χ2v) is 16.8. The van der Waals surface area contributed by atoms with E-state index in [1.165, 1.54) is 22.3 Å². The first-order chi connectivity index (χ1) is 32.2. The van der Waals surface area contributed by atoms with Gasteiger partial charge in [0.25, 0.3) is 0 Å². The van der Waals surface area contributed by atoms with Crippen LogP contribution < -0.4 is 14.5 Å². The van der Waals surface area contributed by atoms with Gasteiger partial charge in [-0.3, -0.25) is 0 Å². The molecule has 1 aromatic heterocycles. The summed E-state index contributed by atoms with van der Waals surface area (Å²) in [6.07, 6.45) is 0. The quantitative estimate of drug-likeness (QED) is 0.160. The summed E-state index contributed by atoms with van der Waals surface area (Å²) < 4.78 is 13.6. The number of ether oxygens (including phenoxy) is 1. The van der Waals surface area contributed by atoms with E-state index in [4.69, 9.17) is 9.15 Å². The van der Waals surface area contributed by atoms with Crippen molar-refractivity contribution in [1.82, 2.24) is 0 Å². The number of nitrogens with zero attached hydrogens (tertiary/aromatic N) is 2. The minimum atomic E-state index is -0.637. The third-order valence-corrected chi connectivity index (χ3v) is 13.3. The Labute approximate surface area is 377 Å². The van der Waals surface area contributed by atoms with Gasteiger partial charge in [0.05, 0.1) is 16.5 Å². The predicted molar refractivity (Wildman–Crippen MR) is 266 cm³/mol. The molecule has 0 bridgehead atoms. The number of rotatable bonds is 7. The Bertz CT molecular complexity index is 3510. The first-order valence-electron chi connectivity index (χ1n) is 22.2. The van der Waals surface area contributed by atoms with Crippen molar-refractivity contribution < 1.29 is 9.15 Å². The zero-order chi connectivity index (χ0) is 42.9. The van der Waals surface area contributed by atoms with E-state index in [2.05, 4.69) is 246 Å². The Morgan fingerprint density at radius 2 is 0.877 bits per heavy atom. The molecular formula is C61H40N2O2. The van der Waals surface area contributed by atoms with Gasteiger partial charge in [0, 0.05) is 45.0 Å². The summed E-state index contributed by atoms with van der Waals surface area (Å²) in [5, 5.41) is 2.10. The molecule has 0 N–H and O–H groups in total. The van der Waals surface area contributed by atoms with E-state index in [-0.39, 0.29) is 0 Å². The molecule has 13 rings (SSSR count). The van der Waals surface area contributed by atoms with Gasteiger partial charge in [-0.15, -0.1) is 0 Å². The van der Waals surface area contributed by atoms with Gasteiger partial charge in [0.15, 0.2) is 0 Å². The van der Waals surface area contributed by atoms with Crippen LogP contribution in [0.15, 0.2) is 247 Å². The smallest absolute Gasteiger partial charge is 0.137 e. The molecule has 65 heavy (non-hydrogen) atoms. The van der Waals surface area contributed by atoms with Gasteiger partial charge in [0.2, 0.25) is 0 Å². The molecule has 2 aliphatic rings. The average molecular weight is 833 g/mol. The van der Waals surface area contributed by atoms with E-state index < -0.39 is 5.41 Å². The second kappa shape index (κ2) is 14.8.